The maximum absolute atomic E-state index is 12.7. The molecule has 3 atom stereocenters. The summed E-state index contributed by atoms with van der Waals surface area (Å²) < 4.78 is 16.1. The lowest BCUT2D eigenvalue weighted by Gasteiger charge is -2.34. The summed E-state index contributed by atoms with van der Waals surface area (Å²) in [6.07, 6.45) is -1.43. The number of hydrogen-bond acceptors (Lipinski definition) is 7. The molecule has 2 heterocycles. The lowest BCUT2D eigenvalue weighted by atomic mass is 10.1. The van der Waals surface area contributed by atoms with Crippen molar-refractivity contribution in [1.82, 2.24) is 9.80 Å². The fourth-order valence-electron chi connectivity index (χ4n) is 3.36. The maximum atomic E-state index is 12.7. The second-order valence-corrected chi connectivity index (χ2v) is 8.04. The minimum absolute atomic E-state index is 0.0518. The van der Waals surface area contributed by atoms with Gasteiger partial charge < -0.3 is 14.2 Å². The van der Waals surface area contributed by atoms with Gasteiger partial charge in [0.05, 0.1) is 24.2 Å². The van der Waals surface area contributed by atoms with E-state index in [1.54, 1.807) is 41.5 Å². The van der Waals surface area contributed by atoms with Crippen LogP contribution in [-0.2, 0) is 14.2 Å². The molecule has 2 rings (SSSR count). The Bertz CT molecular complexity index is 615. The van der Waals surface area contributed by atoms with Crippen LogP contribution in [0.5, 0.6) is 0 Å². The number of ether oxygens (including phenoxy) is 3. The number of nitrogens with zero attached hydrogens (tertiary/aromatic N) is 3. The Morgan fingerprint density at radius 1 is 1.23 bits per heavy atom. The number of hydrogen-bond donors (Lipinski definition) is 0. The molecule has 2 amide bonds. The molecule has 0 spiro atoms. The molecule has 0 saturated carbocycles. The Morgan fingerprint density at radius 3 is 2.27 bits per heavy atom. The molecule has 2 fully saturated rings. The molecule has 2 aliphatic heterocycles. The van der Waals surface area contributed by atoms with Gasteiger partial charge in [-0.15, -0.1) is 0 Å². The molecule has 148 valence electrons. The summed E-state index contributed by atoms with van der Waals surface area (Å²) in [4.78, 5) is 38.4. The van der Waals surface area contributed by atoms with Crippen LogP contribution >= 0.6 is 0 Å². The van der Waals surface area contributed by atoms with Crippen molar-refractivity contribution in [2.24, 2.45) is 0 Å². The monoisotopic (exact) mass is 373 g/mol. The topological polar surface area (TPSA) is 111 Å². The molecular weight excluding hydrogens is 346 g/mol. The standard InChI is InChI=1S/C16H27N3O7/c1-8-24-12(20)18-11(16(18,7)19(22)23)10-9-25-15(5,6)17(10)13(21)26-14(2,3)4/h10-11H,8-9H2,1-7H3/t10-,11+,16+,18?/m1/s1. The van der Waals surface area contributed by atoms with Gasteiger partial charge >= 0.3 is 17.8 Å². The summed E-state index contributed by atoms with van der Waals surface area (Å²) in [5, 5.41) is 11.6. The highest BCUT2D eigenvalue weighted by Gasteiger charge is 2.79. The van der Waals surface area contributed by atoms with Gasteiger partial charge in [-0.2, -0.15) is 0 Å². The summed E-state index contributed by atoms with van der Waals surface area (Å²) in [6.45, 7) is 11.7. The van der Waals surface area contributed by atoms with Gasteiger partial charge in [0.15, 0.2) is 6.04 Å². The number of carbonyl (C=O) groups excluding carboxylic acids is 2. The average Bonchev–Trinajstić information content (AvgIpc) is 2.96. The maximum Gasteiger partial charge on any atom is 0.415 e. The Kier molecular flexibility index (Phi) is 4.86. The molecule has 0 aliphatic carbocycles. The van der Waals surface area contributed by atoms with E-state index < -0.39 is 46.2 Å². The van der Waals surface area contributed by atoms with Crippen molar-refractivity contribution in [1.29, 1.82) is 0 Å². The molecule has 0 unspecified atom stereocenters. The van der Waals surface area contributed by atoms with E-state index in [0.29, 0.717) is 0 Å². The highest BCUT2D eigenvalue weighted by Crippen LogP contribution is 2.48. The van der Waals surface area contributed by atoms with Gasteiger partial charge in [0.2, 0.25) is 0 Å². The smallest absolute Gasteiger partial charge is 0.415 e. The van der Waals surface area contributed by atoms with Gasteiger partial charge in [-0.25, -0.2) is 14.5 Å². The quantitative estimate of drug-likeness (QED) is 0.423. The number of rotatable bonds is 3. The van der Waals surface area contributed by atoms with Gasteiger partial charge in [0.1, 0.15) is 11.3 Å². The largest absolute Gasteiger partial charge is 0.450 e. The fraction of sp³-hybridized carbons (Fsp3) is 0.875. The van der Waals surface area contributed by atoms with Gasteiger partial charge in [0.25, 0.3) is 0 Å². The number of carbonyl (C=O) groups is 2. The van der Waals surface area contributed by atoms with Crippen LogP contribution in [0.2, 0.25) is 0 Å². The SMILES string of the molecule is CCOC(=O)N1[C@@H]([C@H]2COC(C)(C)N2C(=O)OC(C)(C)C)[C@]1(C)[N+](=O)[O-]. The molecule has 0 aromatic carbocycles. The molecule has 0 N–H and O–H groups in total. The summed E-state index contributed by atoms with van der Waals surface area (Å²) in [7, 11) is 0. The molecule has 0 bridgehead atoms. The minimum atomic E-state index is -1.67. The van der Waals surface area contributed by atoms with Crippen LogP contribution in [0.3, 0.4) is 0 Å². The zero-order valence-electron chi connectivity index (χ0n) is 16.3. The highest BCUT2D eigenvalue weighted by atomic mass is 16.6. The van der Waals surface area contributed by atoms with E-state index in [4.69, 9.17) is 14.2 Å². The predicted octanol–water partition coefficient (Wildman–Crippen LogP) is 2.19. The van der Waals surface area contributed by atoms with Crippen molar-refractivity contribution in [3.63, 3.8) is 0 Å². The normalized spacial score (nSPS) is 30.1. The second kappa shape index (κ2) is 6.26. The van der Waals surface area contributed by atoms with E-state index in [9.17, 15) is 19.7 Å². The van der Waals surface area contributed by atoms with Crippen LogP contribution in [0.25, 0.3) is 0 Å². The van der Waals surface area contributed by atoms with E-state index in [0.717, 1.165) is 4.90 Å². The number of amides is 2. The van der Waals surface area contributed by atoms with E-state index in [-0.39, 0.29) is 13.2 Å². The van der Waals surface area contributed by atoms with Crippen molar-refractivity contribution in [3.8, 4) is 0 Å². The first-order valence-corrected chi connectivity index (χ1v) is 8.54. The van der Waals surface area contributed by atoms with Crippen LogP contribution in [-0.4, -0.2) is 69.2 Å². The minimum Gasteiger partial charge on any atom is -0.450 e. The molecule has 0 aromatic rings. The first-order chi connectivity index (χ1) is 11.8. The van der Waals surface area contributed by atoms with Gasteiger partial charge in [-0.3, -0.25) is 15.0 Å². The van der Waals surface area contributed by atoms with Gasteiger partial charge in [0, 0.05) is 6.92 Å². The van der Waals surface area contributed by atoms with Gasteiger partial charge in [-0.1, -0.05) is 0 Å². The van der Waals surface area contributed by atoms with Crippen LogP contribution in [0.1, 0.15) is 48.5 Å². The summed E-state index contributed by atoms with van der Waals surface area (Å²) in [5.41, 5.74) is -3.43. The van der Waals surface area contributed by atoms with Crippen LogP contribution in [0, 0.1) is 10.1 Å². The predicted molar refractivity (Wildman–Crippen MR) is 89.9 cm³/mol. The molecule has 2 aliphatic rings. The molecule has 0 aromatic heterocycles. The van der Waals surface area contributed by atoms with Crippen molar-refractivity contribution in [2.45, 2.75) is 77.5 Å². The molecule has 10 nitrogen and oxygen atoms in total. The van der Waals surface area contributed by atoms with E-state index in [1.807, 2.05) is 0 Å². The van der Waals surface area contributed by atoms with E-state index >= 15 is 0 Å². The Morgan fingerprint density at radius 2 is 1.81 bits per heavy atom. The zero-order valence-corrected chi connectivity index (χ0v) is 16.3. The Hall–Kier alpha value is -2.10. The second-order valence-electron chi connectivity index (χ2n) is 8.04. The molecule has 10 heteroatoms. The van der Waals surface area contributed by atoms with Crippen molar-refractivity contribution in [3.05, 3.63) is 10.1 Å². The van der Waals surface area contributed by atoms with Gasteiger partial charge in [-0.05, 0) is 41.5 Å². The molecule has 2 saturated heterocycles. The first kappa shape index (κ1) is 20.2. The Balaban J connectivity index is 2.34. The lowest BCUT2D eigenvalue weighted by Crippen LogP contribution is -2.52. The third-order valence-corrected chi connectivity index (χ3v) is 4.57. The summed E-state index contributed by atoms with van der Waals surface area (Å²) >= 11 is 0. The highest BCUT2D eigenvalue weighted by molar-refractivity contribution is 5.74. The summed E-state index contributed by atoms with van der Waals surface area (Å²) in [5.74, 6) is 0. The van der Waals surface area contributed by atoms with Crippen LogP contribution in [0.15, 0.2) is 0 Å². The summed E-state index contributed by atoms with van der Waals surface area (Å²) in [6, 6.07) is -1.59. The Labute approximate surface area is 152 Å². The lowest BCUT2D eigenvalue weighted by molar-refractivity contribution is -0.545. The van der Waals surface area contributed by atoms with E-state index in [1.165, 1.54) is 11.8 Å². The van der Waals surface area contributed by atoms with E-state index in [2.05, 4.69) is 0 Å². The van der Waals surface area contributed by atoms with Crippen LogP contribution in [0.4, 0.5) is 9.59 Å². The van der Waals surface area contributed by atoms with Crippen molar-refractivity contribution in [2.75, 3.05) is 13.2 Å². The van der Waals surface area contributed by atoms with Crippen LogP contribution < -0.4 is 0 Å². The zero-order chi connectivity index (χ0) is 20.1. The fourth-order valence-corrected chi connectivity index (χ4v) is 3.36. The molecular formula is C16H27N3O7. The average molecular weight is 373 g/mol. The third-order valence-electron chi connectivity index (χ3n) is 4.57. The van der Waals surface area contributed by atoms with Crippen molar-refractivity contribution < 1.29 is 28.7 Å². The van der Waals surface area contributed by atoms with Crippen molar-refractivity contribution >= 4 is 12.2 Å². The molecule has 0 radical (unpaired) electrons. The first-order valence-electron chi connectivity index (χ1n) is 8.54. The third kappa shape index (κ3) is 3.29. The number of nitro groups is 1. The molecule has 26 heavy (non-hydrogen) atoms.